The van der Waals surface area contributed by atoms with Gasteiger partial charge in [-0.05, 0) is 36.6 Å². The summed E-state index contributed by atoms with van der Waals surface area (Å²) in [6.07, 6.45) is -2.67. The topological polar surface area (TPSA) is 12.0 Å². The summed E-state index contributed by atoms with van der Waals surface area (Å²) in [7, 11) is 0. The Balaban J connectivity index is 3.18. The largest absolute Gasteiger partial charge is 0.416 e. The van der Waals surface area contributed by atoms with Gasteiger partial charge in [-0.15, -0.1) is 0 Å². The molecular weight excluding hydrogens is 331 g/mol. The summed E-state index contributed by atoms with van der Waals surface area (Å²) in [6, 6.07) is 4.14. The molecule has 0 heterocycles. The molecule has 114 valence electrons. The van der Waals surface area contributed by atoms with Crippen molar-refractivity contribution >= 4 is 15.9 Å². The second kappa shape index (κ2) is 7.46. The van der Waals surface area contributed by atoms with E-state index in [2.05, 4.69) is 35.1 Å². The maximum atomic E-state index is 13.2. The molecule has 0 fully saturated rings. The average molecular weight is 352 g/mol. The van der Waals surface area contributed by atoms with Crippen molar-refractivity contribution in [1.82, 2.24) is 5.32 Å². The fourth-order valence-electron chi connectivity index (χ4n) is 2.21. The van der Waals surface area contributed by atoms with Gasteiger partial charge in [-0.2, -0.15) is 13.2 Å². The lowest BCUT2D eigenvalue weighted by Crippen LogP contribution is -2.25. The Bertz CT molecular complexity index is 432. The minimum absolute atomic E-state index is 0.264. The first-order valence-corrected chi connectivity index (χ1v) is 7.68. The van der Waals surface area contributed by atoms with Crippen LogP contribution in [0.1, 0.15) is 50.8 Å². The third kappa shape index (κ3) is 4.77. The smallest absolute Gasteiger partial charge is 0.310 e. The van der Waals surface area contributed by atoms with E-state index in [1.54, 1.807) is 12.1 Å². The second-order valence-corrected chi connectivity index (χ2v) is 6.00. The lowest BCUT2D eigenvalue weighted by molar-refractivity contribution is -0.138. The van der Waals surface area contributed by atoms with E-state index >= 15 is 0 Å². The number of halogens is 4. The van der Waals surface area contributed by atoms with Gasteiger partial charge in [0.2, 0.25) is 0 Å². The third-order valence-electron chi connectivity index (χ3n) is 3.48. The lowest BCUT2D eigenvalue weighted by Gasteiger charge is -2.25. The summed E-state index contributed by atoms with van der Waals surface area (Å²) >= 11 is 3.12. The highest BCUT2D eigenvalue weighted by Crippen LogP contribution is 2.38. The molecule has 0 saturated carbocycles. The molecular formula is C15H21BrF3N. The van der Waals surface area contributed by atoms with Crippen LogP contribution < -0.4 is 5.32 Å². The molecule has 1 rings (SSSR count). The molecule has 1 aromatic carbocycles. The van der Waals surface area contributed by atoms with Gasteiger partial charge in [0, 0.05) is 10.5 Å². The molecule has 2 unspecified atom stereocenters. The van der Waals surface area contributed by atoms with Gasteiger partial charge in [-0.25, -0.2) is 0 Å². The molecule has 0 aliphatic rings. The van der Waals surface area contributed by atoms with Gasteiger partial charge in [0.1, 0.15) is 0 Å². The van der Waals surface area contributed by atoms with Crippen molar-refractivity contribution in [2.24, 2.45) is 5.92 Å². The molecule has 0 saturated heterocycles. The molecule has 1 nitrogen and oxygen atoms in total. The minimum atomic E-state index is -4.33. The molecule has 0 aliphatic carbocycles. The number of nitrogens with one attached hydrogen (secondary N) is 1. The molecule has 20 heavy (non-hydrogen) atoms. The predicted molar refractivity (Wildman–Crippen MR) is 79.6 cm³/mol. The summed E-state index contributed by atoms with van der Waals surface area (Å²) in [5.41, 5.74) is -0.219. The normalized spacial score (nSPS) is 15.2. The van der Waals surface area contributed by atoms with Gasteiger partial charge in [0.05, 0.1) is 5.56 Å². The van der Waals surface area contributed by atoms with Crippen LogP contribution in [0.15, 0.2) is 22.7 Å². The molecule has 0 aromatic heterocycles. The van der Waals surface area contributed by atoms with Crippen molar-refractivity contribution in [3.63, 3.8) is 0 Å². The zero-order valence-corrected chi connectivity index (χ0v) is 13.6. The number of hydrogen-bond acceptors (Lipinski definition) is 1. The third-order valence-corrected chi connectivity index (χ3v) is 3.97. The van der Waals surface area contributed by atoms with Crippen LogP contribution in [0.5, 0.6) is 0 Å². The Morgan fingerprint density at radius 3 is 2.40 bits per heavy atom. The summed E-state index contributed by atoms with van der Waals surface area (Å²) in [5, 5.41) is 3.18. The minimum Gasteiger partial charge on any atom is -0.310 e. The highest BCUT2D eigenvalue weighted by molar-refractivity contribution is 9.10. The Morgan fingerprint density at radius 2 is 1.90 bits per heavy atom. The highest BCUT2D eigenvalue weighted by atomic mass is 79.9. The van der Waals surface area contributed by atoms with E-state index < -0.39 is 11.7 Å². The Labute approximate surface area is 127 Å². The molecule has 0 spiro atoms. The molecule has 1 N–H and O–H groups in total. The summed E-state index contributed by atoms with van der Waals surface area (Å²) in [6.45, 7) is 6.68. The van der Waals surface area contributed by atoms with Gasteiger partial charge in [-0.1, -0.05) is 49.2 Å². The van der Waals surface area contributed by atoms with Crippen LogP contribution in [0.3, 0.4) is 0 Å². The van der Waals surface area contributed by atoms with E-state index in [1.165, 1.54) is 0 Å². The highest BCUT2D eigenvalue weighted by Gasteiger charge is 2.35. The van der Waals surface area contributed by atoms with Crippen LogP contribution in [-0.4, -0.2) is 6.54 Å². The van der Waals surface area contributed by atoms with Crippen LogP contribution in [0, 0.1) is 5.92 Å². The van der Waals surface area contributed by atoms with Gasteiger partial charge in [0.25, 0.3) is 0 Å². The number of alkyl halides is 3. The zero-order chi connectivity index (χ0) is 15.3. The number of benzene rings is 1. The van der Waals surface area contributed by atoms with Gasteiger partial charge >= 0.3 is 6.18 Å². The van der Waals surface area contributed by atoms with Crippen LogP contribution in [0.25, 0.3) is 0 Å². The van der Waals surface area contributed by atoms with E-state index in [4.69, 9.17) is 0 Å². The number of hydrogen-bond donors (Lipinski definition) is 1. The van der Waals surface area contributed by atoms with E-state index in [0.29, 0.717) is 28.9 Å². The molecule has 2 atom stereocenters. The first-order valence-electron chi connectivity index (χ1n) is 6.89. The molecule has 0 bridgehead atoms. The summed E-state index contributed by atoms with van der Waals surface area (Å²) < 4.78 is 40.1. The van der Waals surface area contributed by atoms with Crippen LogP contribution in [0.2, 0.25) is 0 Å². The van der Waals surface area contributed by atoms with Crippen molar-refractivity contribution in [1.29, 1.82) is 0 Å². The predicted octanol–water partition coefficient (Wildman–Crippen LogP) is 5.55. The monoisotopic (exact) mass is 351 g/mol. The number of rotatable bonds is 6. The summed E-state index contributed by atoms with van der Waals surface area (Å²) in [4.78, 5) is 0. The molecule has 0 aliphatic heterocycles. The maximum Gasteiger partial charge on any atom is 0.416 e. The lowest BCUT2D eigenvalue weighted by atomic mass is 9.91. The van der Waals surface area contributed by atoms with E-state index in [1.807, 2.05) is 6.92 Å². The molecule has 0 amide bonds. The van der Waals surface area contributed by atoms with Crippen LogP contribution >= 0.6 is 15.9 Å². The fourth-order valence-corrected chi connectivity index (χ4v) is 2.57. The van der Waals surface area contributed by atoms with E-state index in [0.717, 1.165) is 12.5 Å². The Hall–Kier alpha value is -0.550. The van der Waals surface area contributed by atoms with E-state index in [-0.39, 0.29) is 6.04 Å². The van der Waals surface area contributed by atoms with Crippen molar-refractivity contribution < 1.29 is 13.2 Å². The van der Waals surface area contributed by atoms with Crippen molar-refractivity contribution in [3.8, 4) is 0 Å². The van der Waals surface area contributed by atoms with Crippen molar-refractivity contribution in [2.45, 2.75) is 45.8 Å². The van der Waals surface area contributed by atoms with Crippen molar-refractivity contribution in [3.05, 3.63) is 33.8 Å². The Morgan fingerprint density at radius 1 is 1.25 bits per heavy atom. The van der Waals surface area contributed by atoms with Crippen molar-refractivity contribution in [2.75, 3.05) is 6.54 Å². The van der Waals surface area contributed by atoms with Gasteiger partial charge < -0.3 is 5.32 Å². The van der Waals surface area contributed by atoms with Gasteiger partial charge in [0.15, 0.2) is 0 Å². The maximum absolute atomic E-state index is 13.2. The molecule has 1 aromatic rings. The summed E-state index contributed by atoms with van der Waals surface area (Å²) in [5.74, 6) is 0.379. The fraction of sp³-hybridized carbons (Fsp3) is 0.600. The van der Waals surface area contributed by atoms with Crippen LogP contribution in [0.4, 0.5) is 13.2 Å². The van der Waals surface area contributed by atoms with Gasteiger partial charge in [-0.3, -0.25) is 0 Å². The quantitative estimate of drug-likeness (QED) is 0.707. The zero-order valence-electron chi connectivity index (χ0n) is 12.0. The standard InChI is InChI=1S/C15H21BrF3N/c1-4-10(3)8-14(20-5-2)12-7-6-11(16)9-13(12)15(17,18)19/h6-7,9-10,14,20H,4-5,8H2,1-3H3. The second-order valence-electron chi connectivity index (χ2n) is 5.09. The van der Waals surface area contributed by atoms with Crippen LogP contribution in [-0.2, 0) is 6.18 Å². The average Bonchev–Trinajstić information content (AvgIpc) is 2.37. The Kier molecular flexibility index (Phi) is 6.52. The SMILES string of the molecule is CCNC(CC(C)CC)c1ccc(Br)cc1C(F)(F)F. The first-order chi connectivity index (χ1) is 9.29. The molecule has 5 heteroatoms. The molecule has 0 radical (unpaired) electrons. The van der Waals surface area contributed by atoms with E-state index in [9.17, 15) is 13.2 Å². The first kappa shape index (κ1) is 17.5.